The SMILES string of the molecule is NC(=O)C1CC(=O)N(c2ccc(N3CCCC3)c(F)c2)C1. The lowest BCUT2D eigenvalue weighted by molar-refractivity contribution is -0.123. The average Bonchev–Trinajstić information content (AvgIpc) is 3.07. The normalized spacial score (nSPS) is 22.1. The maximum absolute atomic E-state index is 14.3. The maximum Gasteiger partial charge on any atom is 0.227 e. The van der Waals surface area contributed by atoms with Gasteiger partial charge in [-0.1, -0.05) is 0 Å². The molecule has 0 saturated carbocycles. The topological polar surface area (TPSA) is 66.6 Å². The highest BCUT2D eigenvalue weighted by molar-refractivity contribution is 6.00. The minimum atomic E-state index is -0.487. The first kappa shape index (κ1) is 13.9. The van der Waals surface area contributed by atoms with Crippen LogP contribution >= 0.6 is 0 Å². The van der Waals surface area contributed by atoms with Crippen LogP contribution in [0.4, 0.5) is 15.8 Å². The van der Waals surface area contributed by atoms with Gasteiger partial charge in [0.05, 0.1) is 11.6 Å². The van der Waals surface area contributed by atoms with Crippen LogP contribution in [0.25, 0.3) is 0 Å². The van der Waals surface area contributed by atoms with Gasteiger partial charge in [-0.3, -0.25) is 9.59 Å². The third-order valence-corrected chi connectivity index (χ3v) is 4.22. The lowest BCUT2D eigenvalue weighted by atomic mass is 10.1. The highest BCUT2D eigenvalue weighted by Gasteiger charge is 2.34. The fraction of sp³-hybridized carbons (Fsp3) is 0.467. The Kier molecular flexibility index (Phi) is 3.53. The number of benzene rings is 1. The van der Waals surface area contributed by atoms with E-state index in [0.717, 1.165) is 25.9 Å². The summed E-state index contributed by atoms with van der Waals surface area (Å²) < 4.78 is 14.3. The molecule has 1 aromatic carbocycles. The molecule has 5 nitrogen and oxygen atoms in total. The number of primary amides is 1. The Hall–Kier alpha value is -2.11. The molecule has 2 amide bonds. The molecule has 2 saturated heterocycles. The molecule has 21 heavy (non-hydrogen) atoms. The molecule has 2 N–H and O–H groups in total. The zero-order valence-corrected chi connectivity index (χ0v) is 11.7. The van der Waals surface area contributed by atoms with E-state index in [9.17, 15) is 14.0 Å². The minimum Gasteiger partial charge on any atom is -0.369 e. The average molecular weight is 291 g/mol. The van der Waals surface area contributed by atoms with Crippen LogP contribution in [0.2, 0.25) is 0 Å². The minimum absolute atomic E-state index is 0.102. The zero-order chi connectivity index (χ0) is 15.0. The number of carbonyl (C=O) groups excluding carboxylic acids is 2. The molecule has 2 aliphatic heterocycles. The Morgan fingerprint density at radius 1 is 1.29 bits per heavy atom. The van der Waals surface area contributed by atoms with Crippen LogP contribution < -0.4 is 15.5 Å². The molecular formula is C15H18FN3O2. The van der Waals surface area contributed by atoms with E-state index in [4.69, 9.17) is 5.73 Å². The second kappa shape index (κ2) is 5.35. The van der Waals surface area contributed by atoms with Crippen molar-refractivity contribution in [2.45, 2.75) is 19.3 Å². The van der Waals surface area contributed by atoms with Crippen molar-refractivity contribution in [2.75, 3.05) is 29.4 Å². The van der Waals surface area contributed by atoms with Crippen LogP contribution in [0.5, 0.6) is 0 Å². The van der Waals surface area contributed by atoms with Gasteiger partial charge in [-0.2, -0.15) is 0 Å². The first-order chi connectivity index (χ1) is 10.1. The highest BCUT2D eigenvalue weighted by atomic mass is 19.1. The van der Waals surface area contributed by atoms with E-state index in [2.05, 4.69) is 0 Å². The van der Waals surface area contributed by atoms with Crippen LogP contribution in [0.1, 0.15) is 19.3 Å². The van der Waals surface area contributed by atoms with E-state index in [1.165, 1.54) is 11.0 Å². The predicted molar refractivity (Wildman–Crippen MR) is 77.5 cm³/mol. The van der Waals surface area contributed by atoms with Gasteiger partial charge < -0.3 is 15.5 Å². The van der Waals surface area contributed by atoms with Crippen molar-refractivity contribution in [2.24, 2.45) is 11.7 Å². The lowest BCUT2D eigenvalue weighted by Crippen LogP contribution is -2.28. The van der Waals surface area contributed by atoms with E-state index >= 15 is 0 Å². The second-order valence-electron chi connectivity index (χ2n) is 5.64. The smallest absolute Gasteiger partial charge is 0.227 e. The van der Waals surface area contributed by atoms with E-state index in [1.54, 1.807) is 12.1 Å². The lowest BCUT2D eigenvalue weighted by Gasteiger charge is -2.21. The quantitative estimate of drug-likeness (QED) is 0.912. The Balaban J connectivity index is 1.82. The molecule has 2 heterocycles. The molecule has 0 bridgehead atoms. The molecule has 0 radical (unpaired) electrons. The first-order valence-electron chi connectivity index (χ1n) is 7.20. The van der Waals surface area contributed by atoms with Gasteiger partial charge >= 0.3 is 0 Å². The molecule has 3 rings (SSSR count). The number of hydrogen-bond donors (Lipinski definition) is 1. The largest absolute Gasteiger partial charge is 0.369 e. The summed E-state index contributed by atoms with van der Waals surface area (Å²) in [6, 6.07) is 4.81. The fourth-order valence-corrected chi connectivity index (χ4v) is 3.03. The van der Waals surface area contributed by atoms with Crippen molar-refractivity contribution in [3.63, 3.8) is 0 Å². The number of amides is 2. The highest BCUT2D eigenvalue weighted by Crippen LogP contribution is 2.30. The summed E-state index contributed by atoms with van der Waals surface area (Å²) in [5, 5.41) is 0. The first-order valence-corrected chi connectivity index (χ1v) is 7.20. The standard InChI is InChI=1S/C15H18FN3O2/c16-12-8-11(3-4-13(12)18-5-1-2-6-18)19-9-10(15(17)21)7-14(19)20/h3-4,8,10H,1-2,5-7,9H2,(H2,17,21). The van der Waals surface area contributed by atoms with Crippen molar-refractivity contribution < 1.29 is 14.0 Å². The summed E-state index contributed by atoms with van der Waals surface area (Å²) >= 11 is 0. The number of halogens is 1. The molecule has 1 unspecified atom stereocenters. The third-order valence-electron chi connectivity index (χ3n) is 4.22. The molecular weight excluding hydrogens is 273 g/mol. The third kappa shape index (κ3) is 2.57. The number of nitrogens with two attached hydrogens (primary N) is 1. The molecule has 0 aliphatic carbocycles. The Morgan fingerprint density at radius 3 is 2.57 bits per heavy atom. The number of nitrogens with zero attached hydrogens (tertiary/aromatic N) is 2. The second-order valence-corrected chi connectivity index (χ2v) is 5.64. The molecule has 112 valence electrons. The Bertz CT molecular complexity index is 584. The van der Waals surface area contributed by atoms with Crippen LogP contribution in [-0.4, -0.2) is 31.4 Å². The maximum atomic E-state index is 14.3. The van der Waals surface area contributed by atoms with Crippen molar-refractivity contribution in [3.05, 3.63) is 24.0 Å². The molecule has 0 spiro atoms. The predicted octanol–water partition coefficient (Wildman–Crippen LogP) is 1.26. The zero-order valence-electron chi connectivity index (χ0n) is 11.7. The summed E-state index contributed by atoms with van der Waals surface area (Å²) in [6.45, 7) is 1.96. The van der Waals surface area contributed by atoms with Gasteiger partial charge in [0, 0.05) is 31.7 Å². The molecule has 2 fully saturated rings. The summed E-state index contributed by atoms with van der Waals surface area (Å²) in [5.74, 6) is -1.49. The van der Waals surface area contributed by atoms with Crippen LogP contribution in [0, 0.1) is 11.7 Å². The summed E-state index contributed by atoms with van der Waals surface area (Å²) in [6.07, 6.45) is 2.25. The van der Waals surface area contributed by atoms with E-state index < -0.39 is 11.8 Å². The van der Waals surface area contributed by atoms with Gasteiger partial charge in [-0.25, -0.2) is 4.39 Å². The van der Waals surface area contributed by atoms with Crippen LogP contribution in [0.3, 0.4) is 0 Å². The summed E-state index contributed by atoms with van der Waals surface area (Å²) in [7, 11) is 0. The molecule has 1 atom stereocenters. The van der Waals surface area contributed by atoms with E-state index in [-0.39, 0.29) is 24.7 Å². The van der Waals surface area contributed by atoms with Gasteiger partial charge in [0.2, 0.25) is 11.8 Å². The van der Waals surface area contributed by atoms with Crippen molar-refractivity contribution in [1.29, 1.82) is 0 Å². The van der Waals surface area contributed by atoms with Crippen LogP contribution in [-0.2, 0) is 9.59 Å². The fourth-order valence-electron chi connectivity index (χ4n) is 3.03. The van der Waals surface area contributed by atoms with Gasteiger partial charge in [-0.05, 0) is 31.0 Å². The molecule has 0 aromatic heterocycles. The molecule has 2 aliphatic rings. The monoisotopic (exact) mass is 291 g/mol. The van der Waals surface area contributed by atoms with Gasteiger partial charge in [0.1, 0.15) is 5.82 Å². The Morgan fingerprint density at radius 2 is 2.00 bits per heavy atom. The van der Waals surface area contributed by atoms with Crippen LogP contribution in [0.15, 0.2) is 18.2 Å². The van der Waals surface area contributed by atoms with Crippen molar-refractivity contribution in [3.8, 4) is 0 Å². The van der Waals surface area contributed by atoms with Gasteiger partial charge in [0.25, 0.3) is 0 Å². The van der Waals surface area contributed by atoms with Gasteiger partial charge in [0.15, 0.2) is 0 Å². The van der Waals surface area contributed by atoms with Gasteiger partial charge in [-0.15, -0.1) is 0 Å². The number of hydrogen-bond acceptors (Lipinski definition) is 3. The van der Waals surface area contributed by atoms with E-state index in [0.29, 0.717) is 11.4 Å². The number of rotatable bonds is 3. The Labute approximate surface area is 122 Å². The summed E-state index contributed by atoms with van der Waals surface area (Å²) in [5.41, 5.74) is 6.31. The molecule has 1 aromatic rings. The molecule has 6 heteroatoms. The van der Waals surface area contributed by atoms with Crippen molar-refractivity contribution in [1.82, 2.24) is 0 Å². The number of carbonyl (C=O) groups is 2. The summed E-state index contributed by atoms with van der Waals surface area (Å²) in [4.78, 5) is 26.6. The van der Waals surface area contributed by atoms with E-state index in [1.807, 2.05) is 4.90 Å². The number of anilines is 2. The van der Waals surface area contributed by atoms with Crippen molar-refractivity contribution >= 4 is 23.2 Å².